The van der Waals surface area contributed by atoms with Gasteiger partial charge in [0.25, 0.3) is 5.91 Å². The highest BCUT2D eigenvalue weighted by molar-refractivity contribution is 7.17. The fourth-order valence-electron chi connectivity index (χ4n) is 4.27. The molecule has 5 nitrogen and oxygen atoms in total. The first-order valence-electron chi connectivity index (χ1n) is 9.52. The van der Waals surface area contributed by atoms with Gasteiger partial charge in [-0.15, -0.1) is 11.3 Å². The van der Waals surface area contributed by atoms with E-state index in [0.29, 0.717) is 12.0 Å². The number of benzene rings is 1. The summed E-state index contributed by atoms with van der Waals surface area (Å²) in [5.74, 6) is 0.531. The van der Waals surface area contributed by atoms with Crippen LogP contribution in [-0.4, -0.2) is 41.9 Å². The average Bonchev–Trinajstić information content (AvgIpc) is 3.13. The molecule has 6 heteroatoms. The number of anilines is 1. The zero-order chi connectivity index (χ0) is 19.0. The maximum Gasteiger partial charge on any atom is 0.261 e. The largest absolute Gasteiger partial charge is 0.347 e. The summed E-state index contributed by atoms with van der Waals surface area (Å²) in [4.78, 5) is 28.2. The Balaban J connectivity index is 1.45. The van der Waals surface area contributed by atoms with Gasteiger partial charge in [-0.25, -0.2) is 0 Å². The van der Waals surface area contributed by atoms with E-state index < -0.39 is 0 Å². The molecule has 0 spiro atoms. The molecule has 4 atom stereocenters. The first kappa shape index (κ1) is 18.2. The Labute approximate surface area is 163 Å². The van der Waals surface area contributed by atoms with Crippen molar-refractivity contribution < 1.29 is 9.59 Å². The number of hydrogen-bond acceptors (Lipinski definition) is 4. The zero-order valence-corrected chi connectivity index (χ0v) is 16.5. The Hall–Kier alpha value is -2.18. The molecule has 4 heterocycles. The molecule has 3 fully saturated rings. The molecule has 2 bridgehead atoms. The zero-order valence-electron chi connectivity index (χ0n) is 15.7. The normalized spacial score (nSPS) is 26.6. The van der Waals surface area contributed by atoms with Crippen LogP contribution in [0.4, 0.5) is 5.69 Å². The Morgan fingerprint density at radius 3 is 2.78 bits per heavy atom. The van der Waals surface area contributed by atoms with Crippen LogP contribution in [0.2, 0.25) is 0 Å². The molecular weight excluding hydrogens is 358 g/mol. The topological polar surface area (TPSA) is 61.4 Å². The van der Waals surface area contributed by atoms with Crippen molar-refractivity contribution in [3.8, 4) is 10.4 Å². The van der Waals surface area contributed by atoms with E-state index in [0.717, 1.165) is 34.1 Å². The highest BCUT2D eigenvalue weighted by Crippen LogP contribution is 2.33. The lowest BCUT2D eigenvalue weighted by Gasteiger charge is -2.48. The van der Waals surface area contributed by atoms with Gasteiger partial charge >= 0.3 is 0 Å². The van der Waals surface area contributed by atoms with Gasteiger partial charge in [-0.2, -0.15) is 0 Å². The first-order valence-corrected chi connectivity index (χ1v) is 10.3. The van der Waals surface area contributed by atoms with E-state index in [1.54, 1.807) is 0 Å². The van der Waals surface area contributed by atoms with Gasteiger partial charge in [0, 0.05) is 36.1 Å². The number of nitrogens with zero attached hydrogens (tertiary/aromatic N) is 1. The second-order valence-electron chi connectivity index (χ2n) is 7.63. The number of fused-ring (bicyclic) bond motifs is 3. The maximum absolute atomic E-state index is 12.8. The lowest BCUT2D eigenvalue weighted by Crippen LogP contribution is -2.60. The number of carbonyl (C=O) groups excluding carboxylic acids is 2. The molecular formula is C21H25N3O2S. The summed E-state index contributed by atoms with van der Waals surface area (Å²) in [6, 6.07) is 12.5. The van der Waals surface area contributed by atoms with E-state index in [1.165, 1.54) is 31.1 Å². The Morgan fingerprint density at radius 2 is 2.07 bits per heavy atom. The van der Waals surface area contributed by atoms with E-state index in [1.807, 2.05) is 36.4 Å². The number of hydrogen-bond donors (Lipinski definition) is 2. The van der Waals surface area contributed by atoms with Crippen LogP contribution in [-0.2, 0) is 4.79 Å². The van der Waals surface area contributed by atoms with E-state index in [9.17, 15) is 9.59 Å². The van der Waals surface area contributed by atoms with Crippen LogP contribution in [0.15, 0.2) is 36.4 Å². The van der Waals surface area contributed by atoms with E-state index in [-0.39, 0.29) is 17.9 Å². The van der Waals surface area contributed by atoms with E-state index in [4.69, 9.17) is 0 Å². The van der Waals surface area contributed by atoms with Crippen molar-refractivity contribution >= 4 is 28.8 Å². The third-order valence-corrected chi connectivity index (χ3v) is 6.80. The maximum atomic E-state index is 12.8. The van der Waals surface area contributed by atoms with E-state index in [2.05, 4.69) is 22.5 Å². The smallest absolute Gasteiger partial charge is 0.261 e. The molecule has 2 amide bonds. The highest BCUT2D eigenvalue weighted by atomic mass is 32.1. The van der Waals surface area contributed by atoms with Crippen molar-refractivity contribution in [2.45, 2.75) is 38.8 Å². The van der Waals surface area contributed by atoms with Gasteiger partial charge in [0.15, 0.2) is 0 Å². The fraction of sp³-hybridized carbons (Fsp3) is 0.429. The number of thiophene rings is 1. The van der Waals surface area contributed by atoms with Crippen molar-refractivity contribution in [2.75, 3.05) is 18.4 Å². The summed E-state index contributed by atoms with van der Waals surface area (Å²) < 4.78 is 0. The molecule has 1 aromatic heterocycles. The van der Waals surface area contributed by atoms with E-state index >= 15 is 0 Å². The molecule has 2 N–H and O–H groups in total. The Kier molecular flexibility index (Phi) is 5.02. The quantitative estimate of drug-likeness (QED) is 0.848. The second-order valence-corrected chi connectivity index (χ2v) is 8.72. The predicted octanol–water partition coefficient (Wildman–Crippen LogP) is 3.59. The van der Waals surface area contributed by atoms with Crippen molar-refractivity contribution in [1.82, 2.24) is 10.2 Å². The van der Waals surface area contributed by atoms with Crippen molar-refractivity contribution in [2.24, 2.45) is 5.92 Å². The molecule has 142 valence electrons. The molecule has 0 aliphatic carbocycles. The molecule has 0 radical (unpaired) electrons. The highest BCUT2D eigenvalue weighted by Gasteiger charge is 2.38. The molecule has 3 saturated heterocycles. The summed E-state index contributed by atoms with van der Waals surface area (Å²) in [5.41, 5.74) is 1.77. The molecule has 3 aliphatic rings. The SMILES string of the molecule is CC(=O)Nc1cccc(-c2ccc(C(=O)N[C@H]3CN4CCC3CC4C)s2)c1. The molecule has 2 aromatic rings. The molecule has 0 saturated carbocycles. The minimum atomic E-state index is -0.0924. The lowest BCUT2D eigenvalue weighted by atomic mass is 9.80. The fourth-order valence-corrected chi connectivity index (χ4v) is 5.17. The molecule has 5 rings (SSSR count). The van der Waals surface area contributed by atoms with Gasteiger partial charge in [-0.3, -0.25) is 14.5 Å². The minimum Gasteiger partial charge on any atom is -0.347 e. The van der Waals surface area contributed by atoms with Gasteiger partial charge in [0.05, 0.1) is 4.88 Å². The Morgan fingerprint density at radius 1 is 1.22 bits per heavy atom. The third-order valence-electron chi connectivity index (χ3n) is 5.67. The molecule has 1 aromatic carbocycles. The summed E-state index contributed by atoms with van der Waals surface area (Å²) in [6.07, 6.45) is 2.36. The summed E-state index contributed by atoms with van der Waals surface area (Å²) in [6.45, 7) is 5.90. The van der Waals surface area contributed by atoms with Crippen LogP contribution in [0.25, 0.3) is 10.4 Å². The monoisotopic (exact) mass is 383 g/mol. The van der Waals surface area contributed by atoms with Crippen LogP contribution >= 0.6 is 11.3 Å². The van der Waals surface area contributed by atoms with Crippen LogP contribution in [0.5, 0.6) is 0 Å². The molecule has 27 heavy (non-hydrogen) atoms. The summed E-state index contributed by atoms with van der Waals surface area (Å²) in [5, 5.41) is 6.06. The first-order chi connectivity index (χ1) is 13.0. The molecule has 3 unspecified atom stereocenters. The van der Waals surface area contributed by atoms with Gasteiger partial charge in [0.2, 0.25) is 5.91 Å². The number of piperidine rings is 3. The van der Waals surface area contributed by atoms with Gasteiger partial charge < -0.3 is 10.6 Å². The van der Waals surface area contributed by atoms with Crippen molar-refractivity contribution in [3.63, 3.8) is 0 Å². The summed E-state index contributed by atoms with van der Waals surface area (Å²) in [7, 11) is 0. The average molecular weight is 384 g/mol. The second kappa shape index (κ2) is 7.44. The predicted molar refractivity (Wildman–Crippen MR) is 109 cm³/mol. The number of rotatable bonds is 4. The van der Waals surface area contributed by atoms with Crippen molar-refractivity contribution in [3.05, 3.63) is 41.3 Å². The van der Waals surface area contributed by atoms with Crippen LogP contribution < -0.4 is 10.6 Å². The molecule has 3 aliphatic heterocycles. The number of carbonyl (C=O) groups is 2. The van der Waals surface area contributed by atoms with Gasteiger partial charge in [-0.05, 0) is 62.1 Å². The van der Waals surface area contributed by atoms with Crippen molar-refractivity contribution in [1.29, 1.82) is 0 Å². The Bertz CT molecular complexity index is 863. The third kappa shape index (κ3) is 3.92. The number of nitrogens with one attached hydrogen (secondary N) is 2. The van der Waals surface area contributed by atoms with Crippen LogP contribution in [0.1, 0.15) is 36.4 Å². The minimum absolute atomic E-state index is 0.0238. The van der Waals surface area contributed by atoms with Gasteiger partial charge in [0.1, 0.15) is 0 Å². The standard InChI is InChI=1S/C21H25N3O2S/c1-13-10-15-8-9-24(13)12-18(15)23-21(26)20-7-6-19(27-20)16-4-3-5-17(11-16)22-14(2)25/h3-7,11,13,15,18H,8-10,12H2,1-2H3,(H,22,25)(H,23,26)/t13?,15?,18-/m0/s1. The summed E-state index contributed by atoms with van der Waals surface area (Å²) >= 11 is 1.49. The van der Waals surface area contributed by atoms with Crippen LogP contribution in [0, 0.1) is 5.92 Å². The number of amides is 2. The van der Waals surface area contributed by atoms with Crippen LogP contribution in [0.3, 0.4) is 0 Å². The van der Waals surface area contributed by atoms with Gasteiger partial charge in [-0.1, -0.05) is 12.1 Å². The lowest BCUT2D eigenvalue weighted by molar-refractivity contribution is -0.114.